The fourth-order valence-corrected chi connectivity index (χ4v) is 3.74. The number of nitrogens with zero attached hydrogens (tertiary/aromatic N) is 3. The zero-order chi connectivity index (χ0) is 19.8. The van der Waals surface area contributed by atoms with Gasteiger partial charge in [-0.25, -0.2) is 9.07 Å². The average molecular weight is 382 g/mol. The minimum absolute atomic E-state index is 0.143. The molecule has 0 saturated heterocycles. The number of nitrogens with one attached hydrogen (secondary N) is 1. The van der Waals surface area contributed by atoms with Crippen LogP contribution in [0.15, 0.2) is 85.3 Å². The predicted molar refractivity (Wildman–Crippen MR) is 115 cm³/mol. The lowest BCUT2D eigenvalue weighted by Crippen LogP contribution is -2.07. The van der Waals surface area contributed by atoms with Gasteiger partial charge in [-0.05, 0) is 48.9 Å². The highest BCUT2D eigenvalue weighted by atomic mass is 19.1. The summed E-state index contributed by atoms with van der Waals surface area (Å²) in [5, 5.41) is 11.3. The summed E-state index contributed by atoms with van der Waals surface area (Å²) >= 11 is 0. The third kappa shape index (κ3) is 3.10. The Balaban J connectivity index is 1.66. The molecule has 0 aliphatic heterocycles. The first-order valence-electron chi connectivity index (χ1n) is 9.52. The first kappa shape index (κ1) is 17.4. The molecule has 0 fully saturated rings. The van der Waals surface area contributed by atoms with Gasteiger partial charge in [-0.15, -0.1) is 0 Å². The molecule has 0 aliphatic rings. The standard InChI is InChI=1S/C24H19FN4/c1-16(17-5-3-2-4-6-17)28-23-13-18-14-27-29(20-9-7-19(25)8-10-20)24(18)21-11-12-26-15-22(21)23/h2-16,28H,1H3. The molecule has 0 radical (unpaired) electrons. The van der Waals surface area contributed by atoms with Crippen LogP contribution in [0.1, 0.15) is 18.5 Å². The zero-order valence-corrected chi connectivity index (χ0v) is 15.9. The first-order chi connectivity index (χ1) is 14.2. The average Bonchev–Trinajstić information content (AvgIpc) is 3.19. The summed E-state index contributed by atoms with van der Waals surface area (Å²) in [6, 6.07) is 20.9. The topological polar surface area (TPSA) is 42.7 Å². The molecule has 0 amide bonds. The minimum Gasteiger partial charge on any atom is -0.378 e. The number of benzene rings is 3. The Morgan fingerprint density at radius 1 is 0.931 bits per heavy atom. The maximum absolute atomic E-state index is 13.4. The van der Waals surface area contributed by atoms with Crippen molar-refractivity contribution in [2.24, 2.45) is 0 Å². The molecule has 1 unspecified atom stereocenters. The van der Waals surface area contributed by atoms with Crippen molar-refractivity contribution in [3.63, 3.8) is 0 Å². The summed E-state index contributed by atoms with van der Waals surface area (Å²) in [6.07, 6.45) is 5.50. The maximum Gasteiger partial charge on any atom is 0.123 e. The van der Waals surface area contributed by atoms with Crippen LogP contribution in [-0.2, 0) is 0 Å². The molecule has 0 spiro atoms. The molecule has 0 saturated carbocycles. The fourth-order valence-electron chi connectivity index (χ4n) is 3.74. The van der Waals surface area contributed by atoms with Gasteiger partial charge in [-0.1, -0.05) is 30.3 Å². The number of anilines is 1. The number of fused-ring (bicyclic) bond motifs is 3. The van der Waals surface area contributed by atoms with Crippen LogP contribution in [0.2, 0.25) is 0 Å². The van der Waals surface area contributed by atoms with Crippen molar-refractivity contribution in [1.29, 1.82) is 0 Å². The number of aromatic nitrogens is 3. The van der Waals surface area contributed by atoms with Crippen LogP contribution in [0.4, 0.5) is 10.1 Å². The van der Waals surface area contributed by atoms with E-state index in [2.05, 4.69) is 40.5 Å². The molecule has 29 heavy (non-hydrogen) atoms. The van der Waals surface area contributed by atoms with Crippen LogP contribution < -0.4 is 5.32 Å². The lowest BCUT2D eigenvalue weighted by Gasteiger charge is -2.18. The van der Waals surface area contributed by atoms with E-state index in [4.69, 9.17) is 0 Å². The van der Waals surface area contributed by atoms with Crippen LogP contribution >= 0.6 is 0 Å². The molecule has 3 aromatic carbocycles. The van der Waals surface area contributed by atoms with Gasteiger partial charge in [0.1, 0.15) is 5.82 Å². The number of pyridine rings is 1. The summed E-state index contributed by atoms with van der Waals surface area (Å²) in [6.45, 7) is 2.14. The summed E-state index contributed by atoms with van der Waals surface area (Å²) < 4.78 is 15.2. The number of hydrogen-bond donors (Lipinski definition) is 1. The highest BCUT2D eigenvalue weighted by Gasteiger charge is 2.14. The Hall–Kier alpha value is -3.73. The molecular weight excluding hydrogens is 363 g/mol. The molecule has 1 atom stereocenters. The quantitative estimate of drug-likeness (QED) is 0.422. The number of rotatable bonds is 4. The Kier molecular flexibility index (Phi) is 4.21. The molecule has 2 heterocycles. The summed E-state index contributed by atoms with van der Waals surface area (Å²) in [7, 11) is 0. The van der Waals surface area contributed by atoms with E-state index in [0.717, 1.165) is 33.1 Å². The van der Waals surface area contributed by atoms with E-state index in [1.54, 1.807) is 18.3 Å². The lowest BCUT2D eigenvalue weighted by molar-refractivity contribution is 0.627. The Morgan fingerprint density at radius 2 is 1.72 bits per heavy atom. The lowest BCUT2D eigenvalue weighted by atomic mass is 10.0. The Labute approximate surface area is 167 Å². The van der Waals surface area contributed by atoms with Gasteiger partial charge < -0.3 is 5.32 Å². The molecule has 5 aromatic rings. The van der Waals surface area contributed by atoms with Crippen molar-refractivity contribution in [1.82, 2.24) is 14.8 Å². The summed E-state index contributed by atoms with van der Waals surface area (Å²) in [4.78, 5) is 4.34. The van der Waals surface area contributed by atoms with Crippen molar-refractivity contribution in [2.75, 3.05) is 5.32 Å². The van der Waals surface area contributed by atoms with Crippen molar-refractivity contribution in [3.05, 3.63) is 96.7 Å². The molecule has 142 valence electrons. The third-order valence-electron chi connectivity index (χ3n) is 5.21. The van der Waals surface area contributed by atoms with Gasteiger partial charge in [-0.3, -0.25) is 4.98 Å². The highest BCUT2D eigenvalue weighted by Crippen LogP contribution is 2.34. The van der Waals surface area contributed by atoms with Gasteiger partial charge in [0, 0.05) is 40.3 Å². The second-order valence-corrected chi connectivity index (χ2v) is 7.09. The maximum atomic E-state index is 13.4. The van der Waals surface area contributed by atoms with Gasteiger partial charge in [-0.2, -0.15) is 5.10 Å². The molecule has 1 N–H and O–H groups in total. The van der Waals surface area contributed by atoms with E-state index in [1.807, 2.05) is 41.3 Å². The molecule has 5 rings (SSSR count). The monoisotopic (exact) mass is 382 g/mol. The van der Waals surface area contributed by atoms with Crippen LogP contribution in [0.3, 0.4) is 0 Å². The smallest absolute Gasteiger partial charge is 0.123 e. The second-order valence-electron chi connectivity index (χ2n) is 7.09. The Bertz CT molecular complexity index is 1290. The Morgan fingerprint density at radius 3 is 2.52 bits per heavy atom. The third-order valence-corrected chi connectivity index (χ3v) is 5.21. The van der Waals surface area contributed by atoms with Gasteiger partial charge in [0.25, 0.3) is 0 Å². The first-order valence-corrected chi connectivity index (χ1v) is 9.52. The molecule has 4 nitrogen and oxygen atoms in total. The predicted octanol–water partition coefficient (Wildman–Crippen LogP) is 5.89. The summed E-state index contributed by atoms with van der Waals surface area (Å²) in [5.74, 6) is -0.263. The fraction of sp³-hybridized carbons (Fsp3) is 0.0833. The molecule has 5 heteroatoms. The normalized spacial score (nSPS) is 12.3. The minimum atomic E-state index is -0.263. The van der Waals surface area contributed by atoms with Crippen molar-refractivity contribution in [2.45, 2.75) is 13.0 Å². The molecule has 2 aromatic heterocycles. The van der Waals surface area contributed by atoms with E-state index in [1.165, 1.54) is 17.7 Å². The highest BCUT2D eigenvalue weighted by molar-refractivity contribution is 6.11. The zero-order valence-electron chi connectivity index (χ0n) is 15.9. The van der Waals surface area contributed by atoms with Gasteiger partial charge in [0.15, 0.2) is 0 Å². The molecule has 0 bridgehead atoms. The van der Waals surface area contributed by atoms with Crippen LogP contribution in [0.5, 0.6) is 0 Å². The second kappa shape index (κ2) is 7.02. The number of halogens is 1. The van der Waals surface area contributed by atoms with Gasteiger partial charge in [0.05, 0.1) is 17.4 Å². The van der Waals surface area contributed by atoms with Crippen LogP contribution in [-0.4, -0.2) is 14.8 Å². The van der Waals surface area contributed by atoms with Gasteiger partial charge in [0.2, 0.25) is 0 Å². The van der Waals surface area contributed by atoms with E-state index < -0.39 is 0 Å². The largest absolute Gasteiger partial charge is 0.378 e. The van der Waals surface area contributed by atoms with Crippen LogP contribution in [0.25, 0.3) is 27.4 Å². The molecule has 0 aliphatic carbocycles. The van der Waals surface area contributed by atoms with E-state index in [-0.39, 0.29) is 11.9 Å². The SMILES string of the molecule is CC(Nc1cc2cnn(-c3ccc(F)cc3)c2c2ccncc12)c1ccccc1. The van der Waals surface area contributed by atoms with Crippen molar-refractivity contribution in [3.8, 4) is 5.69 Å². The van der Waals surface area contributed by atoms with E-state index >= 15 is 0 Å². The molecular formula is C24H19FN4. The van der Waals surface area contributed by atoms with E-state index in [9.17, 15) is 4.39 Å². The van der Waals surface area contributed by atoms with Crippen LogP contribution in [0, 0.1) is 5.82 Å². The number of hydrogen-bond acceptors (Lipinski definition) is 3. The van der Waals surface area contributed by atoms with Crippen molar-refractivity contribution < 1.29 is 4.39 Å². The van der Waals surface area contributed by atoms with Gasteiger partial charge >= 0.3 is 0 Å². The van der Waals surface area contributed by atoms with Crippen molar-refractivity contribution >= 4 is 27.4 Å². The summed E-state index contributed by atoms with van der Waals surface area (Å²) in [5.41, 5.74) is 4.02. The van der Waals surface area contributed by atoms with E-state index in [0.29, 0.717) is 0 Å².